The molecule has 1 N–H and O–H groups in total. The summed E-state index contributed by atoms with van der Waals surface area (Å²) in [7, 11) is 0. The molecular formula is C21H37NO2. The molecule has 1 rings (SSSR count). The Kier molecular flexibility index (Phi) is 9.17. The van der Waals surface area contributed by atoms with E-state index in [1.54, 1.807) is 0 Å². The van der Waals surface area contributed by atoms with Gasteiger partial charge in [0.2, 0.25) is 0 Å². The number of ether oxygens (including phenoxy) is 1. The number of hydrogen-bond acceptors (Lipinski definition) is 2. The number of carbonyl (C=O) groups excluding carboxylic acids is 1. The number of carbonyl (C=O) groups is 1. The predicted molar refractivity (Wildman–Crippen MR) is 102 cm³/mol. The van der Waals surface area contributed by atoms with Crippen LogP contribution in [0.25, 0.3) is 0 Å². The lowest BCUT2D eigenvalue weighted by atomic mass is 9.75. The van der Waals surface area contributed by atoms with E-state index in [-0.39, 0.29) is 12.2 Å². The first-order chi connectivity index (χ1) is 11.3. The second kappa shape index (κ2) is 10.6. The molecule has 0 heterocycles. The van der Waals surface area contributed by atoms with Gasteiger partial charge in [0.25, 0.3) is 0 Å². The maximum absolute atomic E-state index is 12.1. The zero-order valence-corrected chi connectivity index (χ0v) is 16.5. The fourth-order valence-corrected chi connectivity index (χ4v) is 3.43. The van der Waals surface area contributed by atoms with Crippen molar-refractivity contribution >= 4 is 6.09 Å². The van der Waals surface area contributed by atoms with Crippen molar-refractivity contribution in [1.82, 2.24) is 5.32 Å². The standard InChI is InChI=1S/C21H37NO2/c1-15(2)8-7-9-17(5)12-13-22-21(23)24-20-14-18(6)10-11-19(20)16(3)4/h8,12,16,18-20H,7,9-11,13-14H2,1-6H3,(H,22,23)/b17-12+. The van der Waals surface area contributed by atoms with Crippen LogP contribution in [0, 0.1) is 17.8 Å². The summed E-state index contributed by atoms with van der Waals surface area (Å²) in [5.41, 5.74) is 2.66. The van der Waals surface area contributed by atoms with Crippen molar-refractivity contribution in [2.45, 2.75) is 79.8 Å². The molecule has 1 saturated carbocycles. The van der Waals surface area contributed by atoms with Gasteiger partial charge in [-0.3, -0.25) is 0 Å². The molecule has 1 aliphatic carbocycles. The van der Waals surface area contributed by atoms with Crippen molar-refractivity contribution in [2.75, 3.05) is 6.54 Å². The molecule has 1 amide bonds. The minimum Gasteiger partial charge on any atom is -0.446 e. The third kappa shape index (κ3) is 8.03. The van der Waals surface area contributed by atoms with Gasteiger partial charge in [-0.25, -0.2) is 4.79 Å². The fraction of sp³-hybridized carbons (Fsp3) is 0.762. The molecule has 1 fully saturated rings. The zero-order valence-electron chi connectivity index (χ0n) is 16.5. The van der Waals surface area contributed by atoms with Crippen molar-refractivity contribution in [3.05, 3.63) is 23.3 Å². The van der Waals surface area contributed by atoms with Gasteiger partial charge in [0.1, 0.15) is 6.10 Å². The maximum Gasteiger partial charge on any atom is 0.407 e. The van der Waals surface area contributed by atoms with Crippen molar-refractivity contribution in [2.24, 2.45) is 17.8 Å². The summed E-state index contributed by atoms with van der Waals surface area (Å²) in [4.78, 5) is 12.1. The van der Waals surface area contributed by atoms with E-state index in [9.17, 15) is 4.79 Å². The first-order valence-corrected chi connectivity index (χ1v) is 9.53. The van der Waals surface area contributed by atoms with Gasteiger partial charge >= 0.3 is 6.09 Å². The number of nitrogens with one attached hydrogen (secondary N) is 1. The molecule has 0 spiro atoms. The molecule has 0 radical (unpaired) electrons. The number of hydrogen-bond donors (Lipinski definition) is 1. The number of amides is 1. The predicted octanol–water partition coefficient (Wildman–Crippen LogP) is 5.87. The van der Waals surface area contributed by atoms with E-state index >= 15 is 0 Å². The Morgan fingerprint density at radius 3 is 2.54 bits per heavy atom. The third-order valence-electron chi connectivity index (χ3n) is 5.01. The average Bonchev–Trinajstić information content (AvgIpc) is 2.46. The van der Waals surface area contributed by atoms with Crippen molar-refractivity contribution < 1.29 is 9.53 Å². The van der Waals surface area contributed by atoms with Crippen LogP contribution in [0.2, 0.25) is 0 Å². The van der Waals surface area contributed by atoms with Crippen LogP contribution in [-0.2, 0) is 4.74 Å². The highest BCUT2D eigenvalue weighted by Gasteiger charge is 2.33. The molecule has 3 unspecified atom stereocenters. The third-order valence-corrected chi connectivity index (χ3v) is 5.01. The van der Waals surface area contributed by atoms with Crippen LogP contribution < -0.4 is 5.32 Å². The lowest BCUT2D eigenvalue weighted by Gasteiger charge is -2.36. The molecule has 3 nitrogen and oxygen atoms in total. The van der Waals surface area contributed by atoms with Crippen LogP contribution in [0.4, 0.5) is 4.79 Å². The van der Waals surface area contributed by atoms with E-state index in [0.717, 1.165) is 19.3 Å². The van der Waals surface area contributed by atoms with Gasteiger partial charge in [-0.1, -0.05) is 50.5 Å². The van der Waals surface area contributed by atoms with E-state index in [1.165, 1.54) is 24.0 Å². The SMILES string of the molecule is CC(C)=CCC/C(C)=C/CNC(=O)OC1CC(C)CCC1C(C)C. The monoisotopic (exact) mass is 335 g/mol. The van der Waals surface area contributed by atoms with Crippen LogP contribution in [0.1, 0.15) is 73.6 Å². The molecule has 0 aromatic carbocycles. The molecule has 0 aliphatic heterocycles. The molecule has 3 heteroatoms. The average molecular weight is 336 g/mol. The van der Waals surface area contributed by atoms with Gasteiger partial charge in [0.05, 0.1) is 0 Å². The highest BCUT2D eigenvalue weighted by atomic mass is 16.6. The second-order valence-electron chi connectivity index (χ2n) is 8.02. The van der Waals surface area contributed by atoms with Gasteiger partial charge < -0.3 is 10.1 Å². The Morgan fingerprint density at radius 2 is 1.92 bits per heavy atom. The van der Waals surface area contributed by atoms with E-state index < -0.39 is 0 Å². The molecule has 0 bridgehead atoms. The van der Waals surface area contributed by atoms with Gasteiger partial charge in [0.15, 0.2) is 0 Å². The molecule has 0 aromatic rings. The molecule has 0 saturated heterocycles. The molecular weight excluding hydrogens is 298 g/mol. The maximum atomic E-state index is 12.1. The topological polar surface area (TPSA) is 38.3 Å². The largest absolute Gasteiger partial charge is 0.446 e. The highest BCUT2D eigenvalue weighted by molar-refractivity contribution is 5.67. The van der Waals surface area contributed by atoms with Crippen molar-refractivity contribution in [1.29, 1.82) is 0 Å². The normalized spacial score (nSPS) is 24.6. The summed E-state index contributed by atoms with van der Waals surface area (Å²) in [6.07, 6.45) is 9.64. The van der Waals surface area contributed by atoms with Crippen LogP contribution in [0.3, 0.4) is 0 Å². The summed E-state index contributed by atoms with van der Waals surface area (Å²) in [5, 5.41) is 2.88. The van der Waals surface area contributed by atoms with Crippen LogP contribution in [0.5, 0.6) is 0 Å². The molecule has 3 atom stereocenters. The van der Waals surface area contributed by atoms with Gasteiger partial charge in [-0.15, -0.1) is 0 Å². The quantitative estimate of drug-likeness (QED) is 0.591. The number of allylic oxidation sites excluding steroid dienone is 3. The number of rotatable bonds is 7. The minimum atomic E-state index is -0.270. The summed E-state index contributed by atoms with van der Waals surface area (Å²) >= 11 is 0. The highest BCUT2D eigenvalue weighted by Crippen LogP contribution is 2.35. The Bertz CT molecular complexity index is 447. The zero-order chi connectivity index (χ0) is 18.1. The van der Waals surface area contributed by atoms with Crippen molar-refractivity contribution in [3.63, 3.8) is 0 Å². The Morgan fingerprint density at radius 1 is 1.21 bits per heavy atom. The molecule has 1 aliphatic rings. The van der Waals surface area contributed by atoms with E-state index in [1.807, 2.05) is 0 Å². The molecule has 138 valence electrons. The lowest BCUT2D eigenvalue weighted by Crippen LogP contribution is -2.38. The van der Waals surface area contributed by atoms with Crippen LogP contribution >= 0.6 is 0 Å². The van der Waals surface area contributed by atoms with E-state index in [4.69, 9.17) is 4.74 Å². The summed E-state index contributed by atoms with van der Waals surface area (Å²) < 4.78 is 5.74. The Hall–Kier alpha value is -1.25. The lowest BCUT2D eigenvalue weighted by molar-refractivity contribution is 0.00660. The minimum absolute atomic E-state index is 0.0662. The van der Waals surface area contributed by atoms with Crippen LogP contribution in [0.15, 0.2) is 23.3 Å². The second-order valence-corrected chi connectivity index (χ2v) is 8.02. The smallest absolute Gasteiger partial charge is 0.407 e. The molecule has 0 aromatic heterocycles. The van der Waals surface area contributed by atoms with E-state index in [0.29, 0.717) is 24.3 Å². The molecule has 24 heavy (non-hydrogen) atoms. The summed E-state index contributed by atoms with van der Waals surface area (Å²) in [6, 6.07) is 0. The Labute approximate surface area is 148 Å². The van der Waals surface area contributed by atoms with Crippen molar-refractivity contribution in [3.8, 4) is 0 Å². The first kappa shape index (κ1) is 20.8. The van der Waals surface area contributed by atoms with Gasteiger partial charge in [0, 0.05) is 6.54 Å². The number of alkyl carbamates (subject to hydrolysis) is 1. The fourth-order valence-electron chi connectivity index (χ4n) is 3.43. The summed E-state index contributed by atoms with van der Waals surface area (Å²) in [5.74, 6) is 1.70. The Balaban J connectivity index is 2.37. The first-order valence-electron chi connectivity index (χ1n) is 9.53. The summed E-state index contributed by atoms with van der Waals surface area (Å²) in [6.45, 7) is 13.6. The van der Waals surface area contributed by atoms with Crippen LogP contribution in [-0.4, -0.2) is 18.7 Å². The van der Waals surface area contributed by atoms with E-state index in [2.05, 4.69) is 59.0 Å². The van der Waals surface area contributed by atoms with Gasteiger partial charge in [-0.2, -0.15) is 0 Å². The van der Waals surface area contributed by atoms with Gasteiger partial charge in [-0.05, 0) is 64.2 Å².